The Kier molecular flexibility index (Phi) is 4.73. The maximum absolute atomic E-state index is 11.6. The highest BCUT2D eigenvalue weighted by Crippen LogP contribution is 2.15. The lowest BCUT2D eigenvalue weighted by atomic mass is 9.95. The molecular formula is C13H22N2O2. The standard InChI is InChI=1S/C13H22N2O2/c1-5-9(2)6-10(3)7-15-8-11(4)12(16)14-13(15)17/h8-10H,5-7H2,1-4H3,(H,14,16,17)/t9?,10-/m1/s1. The predicted octanol–water partition coefficient (Wildman–Crippen LogP) is 1.92. The van der Waals surface area contributed by atoms with Gasteiger partial charge in [-0.05, 0) is 25.2 Å². The minimum Gasteiger partial charge on any atom is -0.300 e. The van der Waals surface area contributed by atoms with Crippen molar-refractivity contribution in [2.75, 3.05) is 0 Å². The SMILES string of the molecule is CCC(C)C[C@@H](C)Cn1cc(C)c(=O)[nH]c1=O. The molecule has 0 fully saturated rings. The van der Waals surface area contributed by atoms with E-state index in [4.69, 9.17) is 0 Å². The number of aromatic amines is 1. The molecule has 1 rings (SSSR count). The number of rotatable bonds is 5. The molecule has 1 N–H and O–H groups in total. The molecule has 1 aromatic heterocycles. The maximum atomic E-state index is 11.6. The molecule has 0 bridgehead atoms. The van der Waals surface area contributed by atoms with Crippen molar-refractivity contribution in [3.8, 4) is 0 Å². The van der Waals surface area contributed by atoms with Crippen molar-refractivity contribution >= 4 is 0 Å². The van der Waals surface area contributed by atoms with E-state index >= 15 is 0 Å². The average molecular weight is 238 g/mol. The quantitative estimate of drug-likeness (QED) is 0.852. The highest BCUT2D eigenvalue weighted by atomic mass is 16.2. The van der Waals surface area contributed by atoms with E-state index in [1.807, 2.05) is 0 Å². The largest absolute Gasteiger partial charge is 0.328 e. The topological polar surface area (TPSA) is 54.9 Å². The first-order valence-corrected chi connectivity index (χ1v) is 6.24. The number of aromatic nitrogens is 2. The fourth-order valence-electron chi connectivity index (χ4n) is 2.02. The number of nitrogens with one attached hydrogen (secondary N) is 1. The van der Waals surface area contributed by atoms with Crippen LogP contribution in [0.5, 0.6) is 0 Å². The van der Waals surface area contributed by atoms with Crippen LogP contribution in [0.25, 0.3) is 0 Å². The van der Waals surface area contributed by atoms with Crippen LogP contribution in [0.1, 0.15) is 39.2 Å². The lowest BCUT2D eigenvalue weighted by Gasteiger charge is -2.17. The third-order valence-electron chi connectivity index (χ3n) is 3.20. The Morgan fingerprint density at radius 1 is 1.29 bits per heavy atom. The monoisotopic (exact) mass is 238 g/mol. The van der Waals surface area contributed by atoms with Gasteiger partial charge in [-0.3, -0.25) is 9.78 Å². The smallest absolute Gasteiger partial charge is 0.300 e. The lowest BCUT2D eigenvalue weighted by molar-refractivity contribution is 0.360. The van der Waals surface area contributed by atoms with Crippen LogP contribution in [-0.4, -0.2) is 9.55 Å². The molecule has 2 atom stereocenters. The van der Waals surface area contributed by atoms with Gasteiger partial charge in [0.25, 0.3) is 5.56 Å². The Hall–Kier alpha value is -1.32. The van der Waals surface area contributed by atoms with Gasteiger partial charge in [0, 0.05) is 18.3 Å². The molecule has 0 saturated heterocycles. The van der Waals surface area contributed by atoms with E-state index in [1.165, 1.54) is 0 Å². The van der Waals surface area contributed by atoms with Crippen LogP contribution in [0.3, 0.4) is 0 Å². The molecule has 0 spiro atoms. The Morgan fingerprint density at radius 2 is 1.94 bits per heavy atom. The number of H-pyrrole nitrogens is 1. The van der Waals surface area contributed by atoms with Gasteiger partial charge in [0.2, 0.25) is 0 Å². The average Bonchev–Trinajstić information content (AvgIpc) is 2.25. The van der Waals surface area contributed by atoms with E-state index in [-0.39, 0.29) is 11.2 Å². The normalized spacial score (nSPS) is 14.6. The second-order valence-corrected chi connectivity index (χ2v) is 5.08. The van der Waals surface area contributed by atoms with Crippen LogP contribution in [0, 0.1) is 18.8 Å². The zero-order valence-corrected chi connectivity index (χ0v) is 11.1. The first-order chi connectivity index (χ1) is 7.93. The van der Waals surface area contributed by atoms with E-state index < -0.39 is 0 Å². The van der Waals surface area contributed by atoms with Gasteiger partial charge >= 0.3 is 5.69 Å². The summed E-state index contributed by atoms with van der Waals surface area (Å²) in [6, 6.07) is 0. The Labute approximate surface area is 102 Å². The number of nitrogens with zero attached hydrogens (tertiary/aromatic N) is 1. The van der Waals surface area contributed by atoms with E-state index in [9.17, 15) is 9.59 Å². The summed E-state index contributed by atoms with van der Waals surface area (Å²) in [5.74, 6) is 1.11. The van der Waals surface area contributed by atoms with Crippen molar-refractivity contribution in [1.29, 1.82) is 0 Å². The highest BCUT2D eigenvalue weighted by Gasteiger charge is 2.09. The summed E-state index contributed by atoms with van der Waals surface area (Å²) in [6.45, 7) is 8.92. The molecule has 0 amide bonds. The van der Waals surface area contributed by atoms with Gasteiger partial charge in [-0.1, -0.05) is 27.2 Å². The molecule has 1 unspecified atom stereocenters. The molecule has 4 nitrogen and oxygen atoms in total. The van der Waals surface area contributed by atoms with Crippen LogP contribution >= 0.6 is 0 Å². The minimum atomic E-state index is -0.309. The van der Waals surface area contributed by atoms with Crippen LogP contribution in [0.2, 0.25) is 0 Å². The van der Waals surface area contributed by atoms with Crippen molar-refractivity contribution in [1.82, 2.24) is 9.55 Å². The van der Waals surface area contributed by atoms with Gasteiger partial charge in [0.1, 0.15) is 0 Å². The number of hydrogen-bond acceptors (Lipinski definition) is 2. The second kappa shape index (κ2) is 5.84. The molecule has 0 aliphatic rings. The summed E-state index contributed by atoms with van der Waals surface area (Å²) in [4.78, 5) is 25.2. The third kappa shape index (κ3) is 3.88. The Morgan fingerprint density at radius 3 is 2.53 bits per heavy atom. The van der Waals surface area contributed by atoms with Gasteiger partial charge in [-0.2, -0.15) is 0 Å². The van der Waals surface area contributed by atoms with Crippen LogP contribution in [-0.2, 0) is 6.54 Å². The molecule has 1 heterocycles. The van der Waals surface area contributed by atoms with E-state index in [0.29, 0.717) is 23.9 Å². The number of aryl methyl sites for hydroxylation is 1. The van der Waals surface area contributed by atoms with Gasteiger partial charge < -0.3 is 4.57 Å². The first-order valence-electron chi connectivity index (χ1n) is 6.24. The van der Waals surface area contributed by atoms with Crippen molar-refractivity contribution in [2.24, 2.45) is 11.8 Å². The summed E-state index contributed by atoms with van der Waals surface area (Å²) in [7, 11) is 0. The van der Waals surface area contributed by atoms with E-state index in [2.05, 4.69) is 25.8 Å². The second-order valence-electron chi connectivity index (χ2n) is 5.08. The zero-order chi connectivity index (χ0) is 13.0. The molecule has 0 saturated carbocycles. The van der Waals surface area contributed by atoms with Gasteiger partial charge in [-0.25, -0.2) is 4.79 Å². The highest BCUT2D eigenvalue weighted by molar-refractivity contribution is 5.00. The van der Waals surface area contributed by atoms with Crippen LogP contribution < -0.4 is 11.2 Å². The predicted molar refractivity (Wildman–Crippen MR) is 69.3 cm³/mol. The molecule has 1 aromatic rings. The van der Waals surface area contributed by atoms with Crippen molar-refractivity contribution < 1.29 is 0 Å². The summed E-state index contributed by atoms with van der Waals surface area (Å²) in [6.07, 6.45) is 3.90. The van der Waals surface area contributed by atoms with Crippen LogP contribution in [0.15, 0.2) is 15.8 Å². The fraction of sp³-hybridized carbons (Fsp3) is 0.692. The fourth-order valence-corrected chi connectivity index (χ4v) is 2.02. The Bertz CT molecular complexity index is 473. The third-order valence-corrected chi connectivity index (χ3v) is 3.20. The van der Waals surface area contributed by atoms with Gasteiger partial charge in [0.15, 0.2) is 0 Å². The molecule has 0 aliphatic carbocycles. The summed E-state index contributed by atoms with van der Waals surface area (Å²) < 4.78 is 1.60. The summed E-state index contributed by atoms with van der Waals surface area (Å²) in [5.41, 5.74) is -0.0160. The summed E-state index contributed by atoms with van der Waals surface area (Å²) >= 11 is 0. The molecule has 96 valence electrons. The summed E-state index contributed by atoms with van der Waals surface area (Å²) in [5, 5.41) is 0. The molecular weight excluding hydrogens is 216 g/mol. The molecule has 4 heteroatoms. The molecule has 0 radical (unpaired) electrons. The van der Waals surface area contributed by atoms with E-state index in [1.54, 1.807) is 17.7 Å². The zero-order valence-electron chi connectivity index (χ0n) is 11.1. The molecule has 0 aliphatic heterocycles. The van der Waals surface area contributed by atoms with E-state index in [0.717, 1.165) is 12.8 Å². The Balaban J connectivity index is 2.78. The maximum Gasteiger partial charge on any atom is 0.328 e. The van der Waals surface area contributed by atoms with Gasteiger partial charge in [0.05, 0.1) is 0 Å². The van der Waals surface area contributed by atoms with Crippen molar-refractivity contribution in [2.45, 2.75) is 47.1 Å². The van der Waals surface area contributed by atoms with Crippen LogP contribution in [0.4, 0.5) is 0 Å². The molecule has 17 heavy (non-hydrogen) atoms. The van der Waals surface area contributed by atoms with Crippen molar-refractivity contribution in [3.63, 3.8) is 0 Å². The molecule has 0 aromatic carbocycles. The minimum absolute atomic E-state index is 0.291. The number of hydrogen-bond donors (Lipinski definition) is 1. The van der Waals surface area contributed by atoms with Crippen molar-refractivity contribution in [3.05, 3.63) is 32.6 Å². The first kappa shape index (κ1) is 13.7. The van der Waals surface area contributed by atoms with Gasteiger partial charge in [-0.15, -0.1) is 0 Å². The lowest BCUT2D eigenvalue weighted by Crippen LogP contribution is -2.32.